The van der Waals surface area contributed by atoms with E-state index in [2.05, 4.69) is 5.32 Å². The van der Waals surface area contributed by atoms with Crippen LogP contribution in [0, 0.1) is 5.82 Å². The van der Waals surface area contributed by atoms with Crippen molar-refractivity contribution in [1.82, 2.24) is 5.32 Å². The van der Waals surface area contributed by atoms with E-state index in [-0.39, 0.29) is 11.6 Å². The van der Waals surface area contributed by atoms with E-state index in [9.17, 15) is 14.0 Å². The second kappa shape index (κ2) is 6.72. The molecule has 19 heavy (non-hydrogen) atoms. The Balaban J connectivity index is 2.72. The molecule has 0 aliphatic rings. The molecular formula is C13H16FNO4. The van der Waals surface area contributed by atoms with E-state index in [1.165, 1.54) is 12.1 Å². The molecule has 0 saturated heterocycles. The van der Waals surface area contributed by atoms with Gasteiger partial charge in [-0.15, -0.1) is 0 Å². The van der Waals surface area contributed by atoms with Gasteiger partial charge in [0.1, 0.15) is 5.56 Å². The van der Waals surface area contributed by atoms with Crippen LogP contribution in [0.25, 0.3) is 0 Å². The summed E-state index contributed by atoms with van der Waals surface area (Å²) in [6.45, 7) is 3.31. The molecule has 0 aliphatic carbocycles. The highest BCUT2D eigenvalue weighted by Gasteiger charge is 2.17. The van der Waals surface area contributed by atoms with E-state index in [0.717, 1.165) is 12.5 Å². The molecule has 1 aromatic rings. The smallest absolute Gasteiger partial charge is 0.339 e. The Morgan fingerprint density at radius 2 is 2.16 bits per heavy atom. The topological polar surface area (TPSA) is 75.6 Å². The molecule has 0 aliphatic heterocycles. The number of nitrogens with one attached hydrogen (secondary N) is 1. The van der Waals surface area contributed by atoms with Crippen LogP contribution in [-0.2, 0) is 4.79 Å². The number of carboxylic acids is 1. The first kappa shape index (κ1) is 14.9. The number of carbonyl (C=O) groups excluding carboxylic acids is 1. The van der Waals surface area contributed by atoms with Crippen LogP contribution in [0.4, 0.5) is 4.39 Å². The van der Waals surface area contributed by atoms with Gasteiger partial charge in [-0.05, 0) is 25.5 Å². The molecule has 5 nitrogen and oxygen atoms in total. The zero-order valence-corrected chi connectivity index (χ0v) is 10.8. The fraction of sp³-hybridized carbons (Fsp3) is 0.385. The first-order chi connectivity index (χ1) is 8.95. The van der Waals surface area contributed by atoms with Gasteiger partial charge in [-0.1, -0.05) is 13.0 Å². The molecule has 0 bridgehead atoms. The van der Waals surface area contributed by atoms with Crippen LogP contribution in [0.1, 0.15) is 30.6 Å². The molecule has 6 heteroatoms. The van der Waals surface area contributed by atoms with Gasteiger partial charge in [0.25, 0.3) is 5.91 Å². The number of hydrogen-bond acceptors (Lipinski definition) is 3. The van der Waals surface area contributed by atoms with Crippen LogP contribution in [-0.4, -0.2) is 29.6 Å². The molecule has 0 heterocycles. The van der Waals surface area contributed by atoms with Crippen molar-refractivity contribution in [2.75, 3.05) is 6.61 Å². The average Bonchev–Trinajstić information content (AvgIpc) is 2.36. The van der Waals surface area contributed by atoms with E-state index in [1.807, 2.05) is 13.8 Å². The number of carboxylic acid groups (broad SMARTS) is 1. The number of amides is 1. The fourth-order valence-electron chi connectivity index (χ4n) is 1.38. The molecule has 0 aromatic heterocycles. The number of rotatable bonds is 6. The van der Waals surface area contributed by atoms with Crippen molar-refractivity contribution in [3.05, 3.63) is 29.6 Å². The molecule has 1 aromatic carbocycles. The fourth-order valence-corrected chi connectivity index (χ4v) is 1.38. The monoisotopic (exact) mass is 269 g/mol. The van der Waals surface area contributed by atoms with Crippen LogP contribution in [0.3, 0.4) is 0 Å². The number of hydrogen-bond donors (Lipinski definition) is 2. The summed E-state index contributed by atoms with van der Waals surface area (Å²) in [7, 11) is 0. The molecular weight excluding hydrogens is 253 g/mol. The molecule has 1 rings (SSSR count). The van der Waals surface area contributed by atoms with E-state index >= 15 is 0 Å². The lowest BCUT2D eigenvalue weighted by molar-refractivity contribution is -0.123. The maximum Gasteiger partial charge on any atom is 0.339 e. The van der Waals surface area contributed by atoms with Crippen molar-refractivity contribution in [2.24, 2.45) is 0 Å². The molecule has 1 atom stereocenters. The highest BCUT2D eigenvalue weighted by molar-refractivity contribution is 5.91. The number of benzene rings is 1. The highest BCUT2D eigenvalue weighted by atomic mass is 19.1. The summed E-state index contributed by atoms with van der Waals surface area (Å²) in [5.41, 5.74) is -0.309. The van der Waals surface area contributed by atoms with Gasteiger partial charge in [-0.2, -0.15) is 0 Å². The van der Waals surface area contributed by atoms with Crippen molar-refractivity contribution < 1.29 is 23.8 Å². The second-order valence-electron chi connectivity index (χ2n) is 4.09. The Morgan fingerprint density at radius 3 is 2.74 bits per heavy atom. The van der Waals surface area contributed by atoms with Gasteiger partial charge in [0.2, 0.25) is 0 Å². The first-order valence-corrected chi connectivity index (χ1v) is 5.89. The van der Waals surface area contributed by atoms with Crippen molar-refractivity contribution in [2.45, 2.75) is 26.3 Å². The summed E-state index contributed by atoms with van der Waals surface area (Å²) in [4.78, 5) is 22.4. The van der Waals surface area contributed by atoms with E-state index < -0.39 is 30.1 Å². The van der Waals surface area contributed by atoms with Gasteiger partial charge in [0.15, 0.2) is 18.2 Å². The lowest BCUT2D eigenvalue weighted by atomic mass is 10.2. The molecule has 0 fully saturated rings. The molecule has 2 N–H and O–H groups in total. The third-order valence-corrected chi connectivity index (χ3v) is 2.56. The summed E-state index contributed by atoms with van der Waals surface area (Å²) in [6, 6.07) is 3.54. The molecule has 104 valence electrons. The summed E-state index contributed by atoms with van der Waals surface area (Å²) in [5.74, 6) is -2.96. The summed E-state index contributed by atoms with van der Waals surface area (Å²) < 4.78 is 18.4. The third-order valence-electron chi connectivity index (χ3n) is 2.56. The SMILES string of the molecule is CCC(C)NC(=O)COc1c(F)cccc1C(=O)O. The number of aromatic carboxylic acids is 1. The molecule has 1 amide bonds. The van der Waals surface area contributed by atoms with Crippen LogP contribution in [0.15, 0.2) is 18.2 Å². The number of para-hydroxylation sites is 1. The van der Waals surface area contributed by atoms with E-state index in [0.29, 0.717) is 0 Å². The predicted octanol–water partition coefficient (Wildman–Crippen LogP) is 1.82. The maximum absolute atomic E-state index is 13.5. The van der Waals surface area contributed by atoms with Crippen molar-refractivity contribution in [3.8, 4) is 5.75 Å². The molecule has 1 unspecified atom stereocenters. The third kappa shape index (κ3) is 4.24. The molecule has 0 radical (unpaired) electrons. The largest absolute Gasteiger partial charge is 0.480 e. The summed E-state index contributed by atoms with van der Waals surface area (Å²) >= 11 is 0. The average molecular weight is 269 g/mol. The molecule has 0 spiro atoms. The number of carbonyl (C=O) groups is 2. The zero-order valence-electron chi connectivity index (χ0n) is 10.8. The predicted molar refractivity (Wildman–Crippen MR) is 66.8 cm³/mol. The number of halogens is 1. The van der Waals surface area contributed by atoms with Gasteiger partial charge in [-0.3, -0.25) is 4.79 Å². The minimum Gasteiger partial charge on any atom is -0.480 e. The van der Waals surface area contributed by atoms with Crippen molar-refractivity contribution in [1.29, 1.82) is 0 Å². The summed E-state index contributed by atoms with van der Waals surface area (Å²) in [5, 5.41) is 11.5. The van der Waals surface area contributed by atoms with Gasteiger partial charge in [0, 0.05) is 6.04 Å². The normalized spacial score (nSPS) is 11.7. The lowest BCUT2D eigenvalue weighted by Crippen LogP contribution is -2.35. The Bertz CT molecular complexity index is 476. The maximum atomic E-state index is 13.5. The van der Waals surface area contributed by atoms with Crippen LogP contribution in [0.5, 0.6) is 5.75 Å². The van der Waals surface area contributed by atoms with Gasteiger partial charge in [-0.25, -0.2) is 9.18 Å². The Morgan fingerprint density at radius 1 is 1.47 bits per heavy atom. The first-order valence-electron chi connectivity index (χ1n) is 5.89. The van der Waals surface area contributed by atoms with Crippen LogP contribution in [0.2, 0.25) is 0 Å². The quantitative estimate of drug-likeness (QED) is 0.826. The second-order valence-corrected chi connectivity index (χ2v) is 4.09. The van der Waals surface area contributed by atoms with E-state index in [1.54, 1.807) is 0 Å². The molecule has 0 saturated carbocycles. The Kier molecular flexibility index (Phi) is 5.29. The van der Waals surface area contributed by atoms with Crippen LogP contribution < -0.4 is 10.1 Å². The number of ether oxygens (including phenoxy) is 1. The van der Waals surface area contributed by atoms with Crippen molar-refractivity contribution >= 4 is 11.9 Å². The zero-order chi connectivity index (χ0) is 14.4. The lowest BCUT2D eigenvalue weighted by Gasteiger charge is -2.13. The summed E-state index contributed by atoms with van der Waals surface area (Å²) in [6.07, 6.45) is 0.756. The Hall–Kier alpha value is -2.11. The minimum atomic E-state index is -1.31. The van der Waals surface area contributed by atoms with Gasteiger partial charge < -0.3 is 15.2 Å². The van der Waals surface area contributed by atoms with Crippen molar-refractivity contribution in [3.63, 3.8) is 0 Å². The van der Waals surface area contributed by atoms with Crippen LogP contribution >= 0.6 is 0 Å². The van der Waals surface area contributed by atoms with Gasteiger partial charge >= 0.3 is 5.97 Å². The Labute approximate surface area is 110 Å². The standard InChI is InChI=1S/C13H16FNO4/c1-3-8(2)15-11(16)7-19-12-9(13(17)18)5-4-6-10(12)14/h4-6,8H,3,7H2,1-2H3,(H,15,16)(H,17,18). The highest BCUT2D eigenvalue weighted by Crippen LogP contribution is 2.22. The van der Waals surface area contributed by atoms with E-state index in [4.69, 9.17) is 9.84 Å². The minimum absolute atomic E-state index is 0.0179. The van der Waals surface area contributed by atoms with Gasteiger partial charge in [0.05, 0.1) is 0 Å².